The molecule has 0 atom stereocenters. The molecule has 0 saturated carbocycles. The smallest absolute Gasteiger partial charge is 0.262 e. The van der Waals surface area contributed by atoms with Crippen molar-refractivity contribution in [1.82, 2.24) is 9.97 Å². The van der Waals surface area contributed by atoms with E-state index >= 15 is 0 Å². The lowest BCUT2D eigenvalue weighted by Crippen LogP contribution is -2.15. The lowest BCUT2D eigenvalue weighted by Gasteiger charge is -2.09. The summed E-state index contributed by atoms with van der Waals surface area (Å²) in [6, 6.07) is 9.33. The molecule has 0 aliphatic carbocycles. The van der Waals surface area contributed by atoms with E-state index in [1.807, 2.05) is 25.1 Å². The van der Waals surface area contributed by atoms with Gasteiger partial charge in [0.15, 0.2) is 5.13 Å². The van der Waals surface area contributed by atoms with Crippen LogP contribution in [-0.2, 0) is 11.2 Å². The van der Waals surface area contributed by atoms with E-state index in [2.05, 4.69) is 15.3 Å². The minimum atomic E-state index is -0.320. The van der Waals surface area contributed by atoms with Crippen LogP contribution >= 0.6 is 22.9 Å². The Hall–Kier alpha value is -2.48. The molecule has 0 aliphatic heterocycles. The molecule has 8 heteroatoms. The number of methoxy groups -OCH3 is 1. The molecule has 2 aromatic heterocycles. The Morgan fingerprint density at radius 3 is 2.89 bits per heavy atom. The molecule has 0 radical (unpaired) electrons. The third-order valence-electron chi connectivity index (χ3n) is 3.93. The van der Waals surface area contributed by atoms with Crippen molar-refractivity contribution in [2.45, 2.75) is 13.3 Å². The normalized spacial score (nSPS) is 10.7. The van der Waals surface area contributed by atoms with Crippen molar-refractivity contribution in [2.24, 2.45) is 0 Å². The molecular weight excluding hydrogens is 398 g/mol. The van der Waals surface area contributed by atoms with Gasteiger partial charge in [0.1, 0.15) is 12.2 Å². The largest absolute Gasteiger partial charge is 0.475 e. The van der Waals surface area contributed by atoms with Crippen LogP contribution in [0.3, 0.4) is 0 Å². The molecule has 0 bridgehead atoms. The number of hydrogen-bond acceptors (Lipinski definition) is 6. The molecule has 146 valence electrons. The first-order valence-corrected chi connectivity index (χ1v) is 9.84. The zero-order valence-electron chi connectivity index (χ0n) is 15.6. The second-order valence-electron chi connectivity index (χ2n) is 6.04. The number of ether oxygens (including phenoxy) is 2. The SMILES string of the molecule is COCCOc1ncccc1C(=O)Nc1ncc(Cc2ccc(C)c(Cl)c2)s1. The molecule has 1 amide bonds. The van der Waals surface area contributed by atoms with E-state index in [9.17, 15) is 4.79 Å². The van der Waals surface area contributed by atoms with Crippen molar-refractivity contribution in [3.8, 4) is 5.88 Å². The highest BCUT2D eigenvalue weighted by Crippen LogP contribution is 2.25. The number of thiazole rings is 1. The van der Waals surface area contributed by atoms with Crippen molar-refractivity contribution < 1.29 is 14.3 Å². The maximum absolute atomic E-state index is 12.6. The zero-order valence-corrected chi connectivity index (χ0v) is 17.1. The Balaban J connectivity index is 1.66. The Morgan fingerprint density at radius 2 is 2.11 bits per heavy atom. The summed E-state index contributed by atoms with van der Waals surface area (Å²) < 4.78 is 10.5. The zero-order chi connectivity index (χ0) is 19.9. The second kappa shape index (κ2) is 9.64. The van der Waals surface area contributed by atoms with Crippen LogP contribution in [-0.4, -0.2) is 36.2 Å². The van der Waals surface area contributed by atoms with Gasteiger partial charge in [-0.2, -0.15) is 0 Å². The number of nitrogens with zero attached hydrogens (tertiary/aromatic N) is 2. The number of carbonyl (C=O) groups is 1. The molecule has 1 N–H and O–H groups in total. The van der Waals surface area contributed by atoms with Crippen LogP contribution in [0, 0.1) is 6.92 Å². The summed E-state index contributed by atoms with van der Waals surface area (Å²) in [6.07, 6.45) is 4.03. The molecule has 1 aromatic carbocycles. The summed E-state index contributed by atoms with van der Waals surface area (Å²) in [5, 5.41) is 4.07. The number of anilines is 1. The second-order valence-corrected chi connectivity index (χ2v) is 7.57. The number of benzene rings is 1. The third-order valence-corrected chi connectivity index (χ3v) is 5.25. The highest BCUT2D eigenvalue weighted by molar-refractivity contribution is 7.15. The van der Waals surface area contributed by atoms with Gasteiger partial charge in [-0.05, 0) is 36.2 Å². The van der Waals surface area contributed by atoms with Crippen molar-refractivity contribution >= 4 is 34.0 Å². The van der Waals surface area contributed by atoms with Crippen molar-refractivity contribution in [2.75, 3.05) is 25.6 Å². The van der Waals surface area contributed by atoms with E-state index in [1.165, 1.54) is 11.3 Å². The molecule has 0 fully saturated rings. The van der Waals surface area contributed by atoms with Crippen molar-refractivity contribution in [3.63, 3.8) is 0 Å². The highest BCUT2D eigenvalue weighted by Gasteiger charge is 2.15. The van der Waals surface area contributed by atoms with Gasteiger partial charge in [0.2, 0.25) is 5.88 Å². The van der Waals surface area contributed by atoms with Crippen LogP contribution in [0.2, 0.25) is 5.02 Å². The number of aryl methyl sites for hydroxylation is 1. The Bertz CT molecular complexity index is 961. The summed E-state index contributed by atoms with van der Waals surface area (Å²) in [5.74, 6) is -0.0528. The predicted molar refractivity (Wildman–Crippen MR) is 111 cm³/mol. The number of halogens is 1. The fourth-order valence-electron chi connectivity index (χ4n) is 2.46. The molecule has 3 rings (SSSR count). The predicted octanol–water partition coefficient (Wildman–Crippen LogP) is 4.37. The van der Waals surface area contributed by atoms with Crippen LogP contribution in [0.5, 0.6) is 5.88 Å². The van der Waals surface area contributed by atoms with Gasteiger partial charge in [0, 0.05) is 35.8 Å². The van der Waals surface area contributed by atoms with E-state index in [0.717, 1.165) is 21.0 Å². The lowest BCUT2D eigenvalue weighted by molar-refractivity contribution is 0.101. The molecule has 0 saturated heterocycles. The Kier molecular flexibility index (Phi) is 6.97. The molecule has 3 aromatic rings. The summed E-state index contributed by atoms with van der Waals surface area (Å²) in [4.78, 5) is 22.0. The van der Waals surface area contributed by atoms with Crippen LogP contribution < -0.4 is 10.1 Å². The molecule has 6 nitrogen and oxygen atoms in total. The van der Waals surface area contributed by atoms with Crippen LogP contribution in [0.1, 0.15) is 26.4 Å². The van der Waals surface area contributed by atoms with Gasteiger partial charge in [-0.1, -0.05) is 23.7 Å². The number of hydrogen-bond donors (Lipinski definition) is 1. The summed E-state index contributed by atoms with van der Waals surface area (Å²) >= 11 is 7.61. The summed E-state index contributed by atoms with van der Waals surface area (Å²) in [5.41, 5.74) is 2.49. The molecule has 2 heterocycles. The first-order valence-electron chi connectivity index (χ1n) is 8.64. The maximum atomic E-state index is 12.6. The van der Waals surface area contributed by atoms with Gasteiger partial charge in [-0.3, -0.25) is 10.1 Å². The number of pyridine rings is 1. The Morgan fingerprint density at radius 1 is 1.25 bits per heavy atom. The van der Waals surface area contributed by atoms with E-state index in [4.69, 9.17) is 21.1 Å². The topological polar surface area (TPSA) is 73.3 Å². The highest BCUT2D eigenvalue weighted by atomic mass is 35.5. The molecule has 0 spiro atoms. The van der Waals surface area contributed by atoms with Gasteiger partial charge in [0.25, 0.3) is 5.91 Å². The lowest BCUT2D eigenvalue weighted by atomic mass is 10.1. The number of nitrogens with one attached hydrogen (secondary N) is 1. The van der Waals surface area contributed by atoms with Crippen LogP contribution in [0.25, 0.3) is 0 Å². The van der Waals surface area contributed by atoms with Crippen LogP contribution in [0.15, 0.2) is 42.7 Å². The van der Waals surface area contributed by atoms with E-state index in [0.29, 0.717) is 30.3 Å². The maximum Gasteiger partial charge on any atom is 0.262 e. The molecule has 0 aliphatic rings. The molecule has 0 unspecified atom stereocenters. The number of amides is 1. The van der Waals surface area contributed by atoms with Gasteiger partial charge in [-0.15, -0.1) is 11.3 Å². The van der Waals surface area contributed by atoms with Crippen molar-refractivity contribution in [3.05, 3.63) is 69.3 Å². The fraction of sp³-hybridized carbons (Fsp3) is 0.250. The van der Waals surface area contributed by atoms with E-state index in [1.54, 1.807) is 31.6 Å². The summed E-state index contributed by atoms with van der Waals surface area (Å²) in [7, 11) is 1.58. The van der Waals surface area contributed by atoms with Gasteiger partial charge in [-0.25, -0.2) is 9.97 Å². The molecular formula is C20H20ClN3O3S. The number of carbonyl (C=O) groups excluding carboxylic acids is 1. The first-order chi connectivity index (χ1) is 13.6. The number of aromatic nitrogens is 2. The standard InChI is InChI=1S/C20H20ClN3O3S/c1-13-5-6-14(11-17(13)21)10-15-12-23-20(28-15)24-18(25)16-4-3-7-22-19(16)27-9-8-26-2/h3-7,11-12H,8-10H2,1-2H3,(H,23,24,25). The average molecular weight is 418 g/mol. The third kappa shape index (κ3) is 5.28. The van der Waals surface area contributed by atoms with E-state index in [-0.39, 0.29) is 11.8 Å². The van der Waals surface area contributed by atoms with Crippen molar-refractivity contribution in [1.29, 1.82) is 0 Å². The number of rotatable bonds is 8. The van der Waals surface area contributed by atoms with Crippen LogP contribution in [0.4, 0.5) is 5.13 Å². The molecule has 28 heavy (non-hydrogen) atoms. The Labute approximate surface area is 172 Å². The fourth-order valence-corrected chi connectivity index (χ4v) is 3.50. The quantitative estimate of drug-likeness (QED) is 0.551. The average Bonchev–Trinajstić information content (AvgIpc) is 3.12. The van der Waals surface area contributed by atoms with Gasteiger partial charge >= 0.3 is 0 Å². The monoisotopic (exact) mass is 417 g/mol. The first kappa shape index (κ1) is 20.3. The van der Waals surface area contributed by atoms with E-state index < -0.39 is 0 Å². The minimum Gasteiger partial charge on any atom is -0.475 e. The van der Waals surface area contributed by atoms with Gasteiger partial charge in [0.05, 0.1) is 6.61 Å². The summed E-state index contributed by atoms with van der Waals surface area (Å²) in [6.45, 7) is 2.70. The minimum absolute atomic E-state index is 0.267. The van der Waals surface area contributed by atoms with Gasteiger partial charge < -0.3 is 9.47 Å².